The van der Waals surface area contributed by atoms with Crippen LogP contribution in [0.25, 0.3) is 0 Å². The van der Waals surface area contributed by atoms with Gasteiger partial charge in [0.1, 0.15) is 6.10 Å². The van der Waals surface area contributed by atoms with E-state index in [-0.39, 0.29) is 5.91 Å². The number of nitrogens with one attached hydrogen (secondary N) is 1. The van der Waals surface area contributed by atoms with Crippen LogP contribution >= 0.6 is 0 Å². The summed E-state index contributed by atoms with van der Waals surface area (Å²) in [5.41, 5.74) is 2.31. The van der Waals surface area contributed by atoms with Crippen molar-refractivity contribution in [2.45, 2.75) is 26.5 Å². The average molecular weight is 207 g/mol. The smallest absolute Gasteiger partial charge is 0.249 e. The molecule has 0 spiro atoms. The molecule has 0 saturated heterocycles. The Morgan fingerprint density at radius 2 is 2.00 bits per heavy atom. The molecular weight excluding hydrogens is 190 g/mol. The first-order chi connectivity index (χ1) is 7.13. The van der Waals surface area contributed by atoms with Crippen LogP contribution in [0.1, 0.15) is 18.1 Å². The molecule has 0 saturated carbocycles. The first kappa shape index (κ1) is 11.7. The zero-order valence-corrected chi connectivity index (χ0v) is 9.41. The summed E-state index contributed by atoms with van der Waals surface area (Å²) in [6, 6.07) is 8.07. The minimum absolute atomic E-state index is 0.0851. The summed E-state index contributed by atoms with van der Waals surface area (Å²) in [7, 11) is 1.52. The molecule has 0 bridgehead atoms. The highest BCUT2D eigenvalue weighted by molar-refractivity contribution is 5.80. The maximum Gasteiger partial charge on any atom is 0.249 e. The van der Waals surface area contributed by atoms with Gasteiger partial charge in [-0.1, -0.05) is 29.8 Å². The first-order valence-electron chi connectivity index (χ1n) is 4.99. The van der Waals surface area contributed by atoms with Crippen LogP contribution in [0, 0.1) is 6.92 Å². The summed E-state index contributed by atoms with van der Waals surface area (Å²) in [6.07, 6.45) is -0.393. The predicted octanol–water partition coefficient (Wildman–Crippen LogP) is 1.65. The van der Waals surface area contributed by atoms with Gasteiger partial charge in [0.2, 0.25) is 5.91 Å². The lowest BCUT2D eigenvalue weighted by molar-refractivity contribution is -0.130. The summed E-state index contributed by atoms with van der Waals surface area (Å²) in [4.78, 5) is 11.4. The number of rotatable bonds is 4. The van der Waals surface area contributed by atoms with E-state index in [0.29, 0.717) is 6.54 Å². The number of carbonyl (C=O) groups is 1. The van der Waals surface area contributed by atoms with E-state index in [2.05, 4.69) is 5.32 Å². The quantitative estimate of drug-likeness (QED) is 0.815. The molecule has 0 heterocycles. The molecule has 1 unspecified atom stereocenters. The van der Waals surface area contributed by atoms with Crippen molar-refractivity contribution in [2.24, 2.45) is 0 Å². The van der Waals surface area contributed by atoms with Crippen LogP contribution in [0.4, 0.5) is 0 Å². The van der Waals surface area contributed by atoms with Crippen LogP contribution in [-0.4, -0.2) is 19.1 Å². The van der Waals surface area contributed by atoms with E-state index in [4.69, 9.17) is 4.74 Å². The number of aryl methyl sites for hydroxylation is 1. The van der Waals surface area contributed by atoms with Gasteiger partial charge < -0.3 is 10.1 Å². The Morgan fingerprint density at radius 3 is 2.53 bits per heavy atom. The van der Waals surface area contributed by atoms with Gasteiger partial charge >= 0.3 is 0 Å². The highest BCUT2D eigenvalue weighted by Crippen LogP contribution is 2.02. The predicted molar refractivity (Wildman–Crippen MR) is 59.5 cm³/mol. The van der Waals surface area contributed by atoms with Crippen LogP contribution in [0.2, 0.25) is 0 Å². The molecule has 3 nitrogen and oxygen atoms in total. The monoisotopic (exact) mass is 207 g/mol. The van der Waals surface area contributed by atoms with Gasteiger partial charge in [-0.25, -0.2) is 0 Å². The highest BCUT2D eigenvalue weighted by Gasteiger charge is 2.09. The van der Waals surface area contributed by atoms with Crippen LogP contribution in [0.3, 0.4) is 0 Å². The topological polar surface area (TPSA) is 38.3 Å². The molecule has 0 aliphatic rings. The molecule has 82 valence electrons. The number of benzene rings is 1. The zero-order chi connectivity index (χ0) is 11.3. The van der Waals surface area contributed by atoms with Gasteiger partial charge in [-0.3, -0.25) is 4.79 Å². The first-order valence-corrected chi connectivity index (χ1v) is 4.99. The molecule has 1 aromatic carbocycles. The number of hydrogen-bond acceptors (Lipinski definition) is 2. The normalized spacial score (nSPS) is 12.2. The molecule has 0 radical (unpaired) electrons. The van der Waals surface area contributed by atoms with Crippen LogP contribution in [-0.2, 0) is 16.1 Å². The van der Waals surface area contributed by atoms with Gasteiger partial charge in [0.05, 0.1) is 0 Å². The molecule has 3 heteroatoms. The highest BCUT2D eigenvalue weighted by atomic mass is 16.5. The van der Waals surface area contributed by atoms with Gasteiger partial charge in [-0.15, -0.1) is 0 Å². The van der Waals surface area contributed by atoms with Crippen LogP contribution in [0.15, 0.2) is 24.3 Å². The summed E-state index contributed by atoms with van der Waals surface area (Å²) >= 11 is 0. The number of ether oxygens (including phenoxy) is 1. The Balaban J connectivity index is 2.43. The van der Waals surface area contributed by atoms with E-state index < -0.39 is 6.10 Å². The zero-order valence-electron chi connectivity index (χ0n) is 9.41. The lowest BCUT2D eigenvalue weighted by atomic mass is 10.1. The molecule has 1 N–H and O–H groups in total. The van der Waals surface area contributed by atoms with E-state index in [1.165, 1.54) is 12.7 Å². The molecule has 0 aromatic heterocycles. The van der Waals surface area contributed by atoms with Crippen molar-refractivity contribution in [2.75, 3.05) is 7.11 Å². The summed E-state index contributed by atoms with van der Waals surface area (Å²) in [5, 5.41) is 2.81. The van der Waals surface area contributed by atoms with Crippen LogP contribution in [0.5, 0.6) is 0 Å². The van der Waals surface area contributed by atoms with E-state index in [1.807, 2.05) is 31.2 Å². The average Bonchev–Trinajstić information content (AvgIpc) is 2.26. The summed E-state index contributed by atoms with van der Waals surface area (Å²) in [5.74, 6) is -0.0851. The number of amides is 1. The Morgan fingerprint density at radius 1 is 1.40 bits per heavy atom. The third-order valence-electron chi connectivity index (χ3n) is 2.31. The molecule has 15 heavy (non-hydrogen) atoms. The molecule has 0 aliphatic carbocycles. The number of methoxy groups -OCH3 is 1. The molecule has 1 rings (SSSR count). The van der Waals surface area contributed by atoms with Gasteiger partial charge in [-0.2, -0.15) is 0 Å². The van der Waals surface area contributed by atoms with Crippen molar-refractivity contribution in [3.63, 3.8) is 0 Å². The number of hydrogen-bond donors (Lipinski definition) is 1. The third kappa shape index (κ3) is 3.72. The largest absolute Gasteiger partial charge is 0.372 e. The molecule has 0 fully saturated rings. The van der Waals surface area contributed by atoms with Crippen molar-refractivity contribution in [1.29, 1.82) is 0 Å². The Hall–Kier alpha value is -1.35. The Bertz CT molecular complexity index is 319. The molecule has 1 aromatic rings. The Labute approximate surface area is 90.4 Å². The summed E-state index contributed by atoms with van der Waals surface area (Å²) < 4.78 is 4.91. The van der Waals surface area contributed by atoms with Crippen molar-refractivity contribution in [3.8, 4) is 0 Å². The third-order valence-corrected chi connectivity index (χ3v) is 2.31. The molecule has 1 amide bonds. The fourth-order valence-corrected chi connectivity index (χ4v) is 1.15. The minimum Gasteiger partial charge on any atom is -0.372 e. The second-order valence-corrected chi connectivity index (χ2v) is 3.58. The Kier molecular flexibility index (Phi) is 4.31. The maximum atomic E-state index is 11.4. The molecule has 0 aliphatic heterocycles. The maximum absolute atomic E-state index is 11.4. The molecular formula is C12H17NO2. The lowest BCUT2D eigenvalue weighted by Gasteiger charge is -2.10. The number of carbonyl (C=O) groups excluding carboxylic acids is 1. The van der Waals surface area contributed by atoms with Gasteiger partial charge in [0.25, 0.3) is 0 Å². The van der Waals surface area contributed by atoms with E-state index in [0.717, 1.165) is 5.56 Å². The van der Waals surface area contributed by atoms with E-state index >= 15 is 0 Å². The standard InChI is InChI=1S/C12H17NO2/c1-9-4-6-11(7-5-9)8-13-12(14)10(2)15-3/h4-7,10H,8H2,1-3H3,(H,13,14). The van der Waals surface area contributed by atoms with Gasteiger partial charge in [-0.05, 0) is 19.4 Å². The summed E-state index contributed by atoms with van der Waals surface area (Å²) in [6.45, 7) is 4.31. The second-order valence-electron chi connectivity index (χ2n) is 3.58. The van der Waals surface area contributed by atoms with E-state index in [9.17, 15) is 4.79 Å². The van der Waals surface area contributed by atoms with Crippen molar-refractivity contribution in [3.05, 3.63) is 35.4 Å². The van der Waals surface area contributed by atoms with Crippen LogP contribution < -0.4 is 5.32 Å². The minimum atomic E-state index is -0.393. The van der Waals surface area contributed by atoms with Crippen molar-refractivity contribution in [1.82, 2.24) is 5.32 Å². The van der Waals surface area contributed by atoms with Gasteiger partial charge in [0, 0.05) is 13.7 Å². The fraction of sp³-hybridized carbons (Fsp3) is 0.417. The fourth-order valence-electron chi connectivity index (χ4n) is 1.15. The lowest BCUT2D eigenvalue weighted by Crippen LogP contribution is -2.33. The van der Waals surface area contributed by atoms with Crippen molar-refractivity contribution < 1.29 is 9.53 Å². The SMILES string of the molecule is COC(C)C(=O)NCc1ccc(C)cc1. The molecule has 1 atom stereocenters. The second kappa shape index (κ2) is 5.51. The van der Waals surface area contributed by atoms with Gasteiger partial charge in [0.15, 0.2) is 0 Å². The van der Waals surface area contributed by atoms with Crippen molar-refractivity contribution >= 4 is 5.91 Å². The van der Waals surface area contributed by atoms with E-state index in [1.54, 1.807) is 6.92 Å².